The molecule has 0 radical (unpaired) electrons. The molecule has 0 saturated heterocycles. The lowest BCUT2D eigenvalue weighted by atomic mass is 10.3. The summed E-state index contributed by atoms with van der Waals surface area (Å²) < 4.78 is 27.9. The van der Waals surface area contributed by atoms with Crippen molar-refractivity contribution in [3.63, 3.8) is 0 Å². The summed E-state index contributed by atoms with van der Waals surface area (Å²) in [5, 5.41) is 11.7. The summed E-state index contributed by atoms with van der Waals surface area (Å²) in [6, 6.07) is 7.78. The molecule has 106 valence electrons. The lowest BCUT2D eigenvalue weighted by molar-refractivity contribution is 0.0696. The lowest BCUT2D eigenvalue weighted by Gasteiger charge is -2.06. The number of sulfone groups is 1. The van der Waals surface area contributed by atoms with Crippen LogP contribution in [-0.2, 0) is 16.4 Å². The topological polar surface area (TPSA) is 96.6 Å². The number of furan rings is 1. The zero-order chi connectivity index (χ0) is 14.8. The minimum atomic E-state index is -3.26. The maximum Gasteiger partial charge on any atom is 0.338 e. The van der Waals surface area contributed by atoms with Gasteiger partial charge in [-0.2, -0.15) is 0 Å². The quantitative estimate of drug-likeness (QED) is 0.875. The van der Waals surface area contributed by atoms with E-state index in [0.717, 1.165) is 12.5 Å². The van der Waals surface area contributed by atoms with Crippen molar-refractivity contribution in [2.75, 3.05) is 11.6 Å². The molecular weight excluding hydrogens is 282 g/mol. The summed E-state index contributed by atoms with van der Waals surface area (Å²) in [6.45, 7) is 0.264. The van der Waals surface area contributed by atoms with Gasteiger partial charge < -0.3 is 14.8 Å². The average molecular weight is 295 g/mol. The van der Waals surface area contributed by atoms with Crippen LogP contribution in [0.1, 0.15) is 16.1 Å². The van der Waals surface area contributed by atoms with E-state index in [0.29, 0.717) is 11.4 Å². The summed E-state index contributed by atoms with van der Waals surface area (Å²) >= 11 is 0. The van der Waals surface area contributed by atoms with Gasteiger partial charge in [-0.25, -0.2) is 13.2 Å². The fourth-order valence-corrected chi connectivity index (χ4v) is 2.28. The van der Waals surface area contributed by atoms with E-state index in [9.17, 15) is 13.2 Å². The Morgan fingerprint density at radius 1 is 1.35 bits per heavy atom. The Balaban J connectivity index is 2.09. The van der Waals surface area contributed by atoms with Gasteiger partial charge in [0, 0.05) is 11.9 Å². The van der Waals surface area contributed by atoms with Gasteiger partial charge in [0.2, 0.25) is 0 Å². The molecular formula is C13H13NO5S. The number of nitrogens with one attached hydrogen (secondary N) is 1. The molecule has 0 aliphatic heterocycles. The number of hydrogen-bond acceptors (Lipinski definition) is 5. The zero-order valence-electron chi connectivity index (χ0n) is 10.7. The molecule has 20 heavy (non-hydrogen) atoms. The van der Waals surface area contributed by atoms with Crippen molar-refractivity contribution in [3.05, 3.63) is 47.9 Å². The molecule has 0 unspecified atom stereocenters. The van der Waals surface area contributed by atoms with Crippen LogP contribution in [0.25, 0.3) is 0 Å². The third kappa shape index (κ3) is 3.39. The highest BCUT2D eigenvalue weighted by atomic mass is 32.2. The first kappa shape index (κ1) is 14.1. The molecule has 6 nitrogen and oxygen atoms in total. The van der Waals surface area contributed by atoms with Gasteiger partial charge in [-0.1, -0.05) is 6.07 Å². The summed E-state index contributed by atoms with van der Waals surface area (Å²) in [5.41, 5.74) is 0.688. The van der Waals surface area contributed by atoms with Gasteiger partial charge in [0.15, 0.2) is 9.84 Å². The molecule has 0 amide bonds. The molecule has 0 aliphatic rings. The molecule has 2 rings (SSSR count). The van der Waals surface area contributed by atoms with E-state index in [4.69, 9.17) is 9.52 Å². The lowest BCUT2D eigenvalue weighted by Crippen LogP contribution is -2.01. The van der Waals surface area contributed by atoms with Crippen molar-refractivity contribution in [2.24, 2.45) is 0 Å². The minimum absolute atomic E-state index is 0.0756. The highest BCUT2D eigenvalue weighted by molar-refractivity contribution is 7.90. The fourth-order valence-electron chi connectivity index (χ4n) is 1.61. The van der Waals surface area contributed by atoms with E-state index >= 15 is 0 Å². The molecule has 0 spiro atoms. The Morgan fingerprint density at radius 2 is 2.10 bits per heavy atom. The van der Waals surface area contributed by atoms with Crippen LogP contribution in [0.5, 0.6) is 0 Å². The predicted octanol–water partition coefficient (Wildman–Crippen LogP) is 1.99. The summed E-state index contributed by atoms with van der Waals surface area (Å²) in [6.07, 6.45) is 2.30. The molecule has 1 aromatic carbocycles. The van der Waals surface area contributed by atoms with Gasteiger partial charge in [0.05, 0.1) is 17.0 Å². The molecule has 1 aromatic heterocycles. The number of rotatable bonds is 5. The van der Waals surface area contributed by atoms with E-state index < -0.39 is 15.8 Å². The van der Waals surface area contributed by atoms with Crippen molar-refractivity contribution >= 4 is 21.5 Å². The third-order valence-electron chi connectivity index (χ3n) is 2.63. The van der Waals surface area contributed by atoms with Gasteiger partial charge in [-0.15, -0.1) is 0 Å². The second-order valence-corrected chi connectivity index (χ2v) is 6.28. The highest BCUT2D eigenvalue weighted by Gasteiger charge is 2.09. The summed E-state index contributed by atoms with van der Waals surface area (Å²) in [4.78, 5) is 10.9. The summed E-state index contributed by atoms with van der Waals surface area (Å²) in [7, 11) is -3.26. The Bertz CT molecular complexity index is 733. The number of benzene rings is 1. The first-order chi connectivity index (χ1) is 9.36. The van der Waals surface area contributed by atoms with Crippen molar-refractivity contribution in [1.82, 2.24) is 0 Å². The number of carboxylic acids is 1. The van der Waals surface area contributed by atoms with Gasteiger partial charge >= 0.3 is 5.97 Å². The Morgan fingerprint density at radius 3 is 2.70 bits per heavy atom. The van der Waals surface area contributed by atoms with E-state index in [2.05, 4.69) is 5.32 Å². The van der Waals surface area contributed by atoms with Crippen molar-refractivity contribution in [2.45, 2.75) is 11.4 Å². The van der Waals surface area contributed by atoms with Gasteiger partial charge in [-0.3, -0.25) is 0 Å². The largest absolute Gasteiger partial charge is 0.478 e. The monoisotopic (exact) mass is 295 g/mol. The number of carboxylic acid groups (broad SMARTS) is 1. The maximum atomic E-state index is 11.4. The number of anilines is 1. The molecule has 0 bridgehead atoms. The maximum absolute atomic E-state index is 11.4. The van der Waals surface area contributed by atoms with Gasteiger partial charge in [0.25, 0.3) is 0 Å². The number of carbonyl (C=O) groups is 1. The average Bonchev–Trinajstić information content (AvgIpc) is 2.85. The van der Waals surface area contributed by atoms with Gasteiger partial charge in [-0.05, 0) is 24.3 Å². The molecule has 2 aromatic rings. The van der Waals surface area contributed by atoms with Crippen molar-refractivity contribution in [1.29, 1.82) is 0 Å². The molecule has 0 atom stereocenters. The Labute approximate surface area is 116 Å². The van der Waals surface area contributed by atoms with Crippen LogP contribution in [0.3, 0.4) is 0 Å². The van der Waals surface area contributed by atoms with Crippen LogP contribution in [0.15, 0.2) is 45.9 Å². The molecule has 0 fully saturated rings. The second-order valence-electron chi connectivity index (χ2n) is 4.26. The highest BCUT2D eigenvalue weighted by Crippen LogP contribution is 2.17. The van der Waals surface area contributed by atoms with E-state index in [1.165, 1.54) is 18.2 Å². The molecule has 0 aliphatic carbocycles. The van der Waals surface area contributed by atoms with Gasteiger partial charge in [0.1, 0.15) is 12.0 Å². The fraction of sp³-hybridized carbons (Fsp3) is 0.154. The Kier molecular flexibility index (Phi) is 3.80. The first-order valence-electron chi connectivity index (χ1n) is 5.71. The molecule has 0 saturated carbocycles. The number of hydrogen-bond donors (Lipinski definition) is 2. The molecule has 2 N–H and O–H groups in total. The zero-order valence-corrected chi connectivity index (χ0v) is 11.5. The predicted molar refractivity (Wildman–Crippen MR) is 72.5 cm³/mol. The van der Waals surface area contributed by atoms with Crippen LogP contribution in [0, 0.1) is 0 Å². The van der Waals surface area contributed by atoms with Crippen LogP contribution < -0.4 is 5.32 Å². The van der Waals surface area contributed by atoms with Crippen molar-refractivity contribution < 1.29 is 22.7 Å². The Hall–Kier alpha value is -2.28. The molecule has 1 heterocycles. The normalized spacial score (nSPS) is 11.2. The van der Waals surface area contributed by atoms with Crippen molar-refractivity contribution in [3.8, 4) is 0 Å². The summed E-state index contributed by atoms with van der Waals surface area (Å²) in [5.74, 6) is -0.605. The number of aromatic carboxylic acids is 1. The smallest absolute Gasteiger partial charge is 0.338 e. The van der Waals surface area contributed by atoms with Crippen LogP contribution in [-0.4, -0.2) is 25.7 Å². The third-order valence-corrected chi connectivity index (χ3v) is 3.74. The van der Waals surface area contributed by atoms with Crippen LogP contribution >= 0.6 is 0 Å². The molecule has 7 heteroatoms. The van der Waals surface area contributed by atoms with E-state index in [1.54, 1.807) is 12.1 Å². The second kappa shape index (κ2) is 5.38. The minimum Gasteiger partial charge on any atom is -0.478 e. The first-order valence-corrected chi connectivity index (χ1v) is 7.60. The van der Waals surface area contributed by atoms with Crippen LogP contribution in [0.4, 0.5) is 5.69 Å². The standard InChI is InChI=1S/C13H13NO5S/c1-20(17,18)12-4-2-3-10(6-12)14-7-11-5-9(8-19-11)13(15)16/h2-6,8,14H,7H2,1H3,(H,15,16). The van der Waals surface area contributed by atoms with E-state index in [1.807, 2.05) is 0 Å². The SMILES string of the molecule is CS(=O)(=O)c1cccc(NCc2cc(C(=O)O)co2)c1. The van der Waals surface area contributed by atoms with E-state index in [-0.39, 0.29) is 17.0 Å². The van der Waals surface area contributed by atoms with Crippen LogP contribution in [0.2, 0.25) is 0 Å².